The van der Waals surface area contributed by atoms with Crippen molar-refractivity contribution >= 4 is 17.7 Å². The van der Waals surface area contributed by atoms with Crippen LogP contribution in [0.25, 0.3) is 0 Å². The number of carboxylic acids is 1. The van der Waals surface area contributed by atoms with E-state index in [1.165, 1.54) is 0 Å². The molecule has 1 atom stereocenters. The molecule has 0 saturated carbocycles. The van der Waals surface area contributed by atoms with E-state index in [9.17, 15) is 4.79 Å². The lowest BCUT2D eigenvalue weighted by molar-refractivity contribution is -0.136. The summed E-state index contributed by atoms with van der Waals surface area (Å²) in [5.74, 6) is 0.260. The number of rotatable bonds is 17. The first kappa shape index (κ1) is 25.5. The molecule has 0 fully saturated rings. The zero-order chi connectivity index (χ0) is 20.0. The Hall–Kier alpha value is -1.48. The van der Waals surface area contributed by atoms with Crippen molar-refractivity contribution in [3.05, 3.63) is 60.8 Å². The van der Waals surface area contributed by atoms with Crippen molar-refractivity contribution in [2.45, 2.75) is 76.9 Å². The first-order valence-electron chi connectivity index (χ1n) is 10.3. The number of aliphatic carboxylic acids is 1. The number of thioether (sulfide) groups is 1. The summed E-state index contributed by atoms with van der Waals surface area (Å²) < 4.78 is 0. The van der Waals surface area contributed by atoms with Gasteiger partial charge in [0.2, 0.25) is 0 Å². The molecule has 0 aliphatic heterocycles. The molecule has 0 saturated heterocycles. The molecule has 27 heavy (non-hydrogen) atoms. The predicted octanol–water partition coefficient (Wildman–Crippen LogP) is 7.50. The molecule has 0 bridgehead atoms. The molecule has 0 rings (SSSR count). The minimum Gasteiger partial charge on any atom is -0.480 e. The van der Waals surface area contributed by atoms with Gasteiger partial charge in [-0.15, -0.1) is 11.8 Å². The second-order valence-electron chi connectivity index (χ2n) is 6.31. The van der Waals surface area contributed by atoms with Gasteiger partial charge in [0.15, 0.2) is 0 Å². The van der Waals surface area contributed by atoms with Crippen LogP contribution in [0.2, 0.25) is 0 Å². The Morgan fingerprint density at radius 2 is 1.26 bits per heavy atom. The third-order valence-electron chi connectivity index (χ3n) is 3.89. The van der Waals surface area contributed by atoms with E-state index >= 15 is 0 Å². The maximum Gasteiger partial charge on any atom is 0.316 e. The van der Waals surface area contributed by atoms with E-state index in [2.05, 4.69) is 67.7 Å². The van der Waals surface area contributed by atoms with Crippen LogP contribution in [0.4, 0.5) is 0 Å². The Morgan fingerprint density at radius 3 is 1.70 bits per heavy atom. The molecule has 0 radical (unpaired) electrons. The van der Waals surface area contributed by atoms with Crippen LogP contribution in [0.15, 0.2) is 60.8 Å². The standard InChI is InChI=1S/C24H38O2S/c1-3-5-6-7-8-9-10-11-12-13-14-15-16-17-18-19-20-21-22-27-23(4-2)24(25)26/h5-6,8-9,11-12,14-15,17-18,23H,3-4,7,10,13,16,19-22H2,1-2H3,(H,25,26)/t23-/m0/s1. The molecule has 0 spiro atoms. The average Bonchev–Trinajstić information content (AvgIpc) is 2.66. The molecule has 0 aromatic heterocycles. The zero-order valence-electron chi connectivity index (χ0n) is 17.2. The molecule has 0 heterocycles. The lowest BCUT2D eigenvalue weighted by Gasteiger charge is -2.08. The van der Waals surface area contributed by atoms with Gasteiger partial charge in [-0.3, -0.25) is 4.79 Å². The quantitative estimate of drug-likeness (QED) is 0.206. The second-order valence-corrected chi connectivity index (χ2v) is 7.62. The summed E-state index contributed by atoms with van der Waals surface area (Å²) in [5, 5.41) is 8.74. The van der Waals surface area contributed by atoms with Gasteiger partial charge in [0, 0.05) is 0 Å². The lowest BCUT2D eigenvalue weighted by atomic mass is 10.2. The van der Waals surface area contributed by atoms with E-state index in [0.717, 1.165) is 57.1 Å². The monoisotopic (exact) mass is 390 g/mol. The third-order valence-corrected chi connectivity index (χ3v) is 5.35. The van der Waals surface area contributed by atoms with Gasteiger partial charge in [-0.1, -0.05) is 74.6 Å². The molecule has 152 valence electrons. The van der Waals surface area contributed by atoms with Gasteiger partial charge in [0.25, 0.3) is 0 Å². The zero-order valence-corrected chi connectivity index (χ0v) is 18.0. The van der Waals surface area contributed by atoms with Crippen molar-refractivity contribution in [1.82, 2.24) is 0 Å². The van der Waals surface area contributed by atoms with Gasteiger partial charge in [-0.05, 0) is 63.5 Å². The number of carbonyl (C=O) groups is 1. The first-order chi connectivity index (χ1) is 13.2. The lowest BCUT2D eigenvalue weighted by Crippen LogP contribution is -2.15. The molecule has 3 heteroatoms. The fraction of sp³-hybridized carbons (Fsp3) is 0.542. The number of hydrogen-bond donors (Lipinski definition) is 1. The fourth-order valence-electron chi connectivity index (χ4n) is 2.32. The third kappa shape index (κ3) is 19.1. The summed E-state index contributed by atoms with van der Waals surface area (Å²) in [4.78, 5) is 10.9. The van der Waals surface area contributed by atoms with Crippen molar-refractivity contribution in [3.63, 3.8) is 0 Å². The summed E-state index contributed by atoms with van der Waals surface area (Å²) in [6.45, 7) is 4.09. The highest BCUT2D eigenvalue weighted by molar-refractivity contribution is 8.00. The van der Waals surface area contributed by atoms with Crippen LogP contribution >= 0.6 is 11.8 Å². The van der Waals surface area contributed by atoms with Crippen LogP contribution in [0.5, 0.6) is 0 Å². The van der Waals surface area contributed by atoms with Crippen LogP contribution in [-0.4, -0.2) is 22.1 Å². The SMILES string of the molecule is CCC=CCC=CCC=CCC=CCC=CCCCCS[C@@H](CC)C(=O)O. The average molecular weight is 391 g/mol. The van der Waals surface area contributed by atoms with Crippen molar-refractivity contribution in [1.29, 1.82) is 0 Å². The molecular weight excluding hydrogens is 352 g/mol. The Balaban J connectivity index is 3.51. The van der Waals surface area contributed by atoms with Crippen LogP contribution in [0, 0.1) is 0 Å². The Labute approximate surface area is 171 Å². The fourth-order valence-corrected chi connectivity index (χ4v) is 3.36. The number of allylic oxidation sites excluding steroid dienone is 10. The minimum absolute atomic E-state index is 0.237. The number of carboxylic acid groups (broad SMARTS) is 1. The Bertz CT molecular complexity index is 487. The Morgan fingerprint density at radius 1 is 0.778 bits per heavy atom. The van der Waals surface area contributed by atoms with Gasteiger partial charge in [-0.25, -0.2) is 0 Å². The molecule has 1 N–H and O–H groups in total. The maximum absolute atomic E-state index is 10.9. The summed E-state index contributed by atoms with van der Waals surface area (Å²) in [5.41, 5.74) is 0. The molecule has 0 aliphatic rings. The minimum atomic E-state index is -0.680. The molecule has 0 aromatic carbocycles. The van der Waals surface area contributed by atoms with Gasteiger partial charge >= 0.3 is 5.97 Å². The summed E-state index contributed by atoms with van der Waals surface area (Å²) in [6.07, 6.45) is 31.3. The van der Waals surface area contributed by atoms with Crippen LogP contribution in [0.3, 0.4) is 0 Å². The van der Waals surface area contributed by atoms with Crippen LogP contribution < -0.4 is 0 Å². The highest BCUT2D eigenvalue weighted by Crippen LogP contribution is 2.17. The van der Waals surface area contributed by atoms with Crippen LogP contribution in [0.1, 0.15) is 71.6 Å². The largest absolute Gasteiger partial charge is 0.480 e. The molecule has 2 nitrogen and oxygen atoms in total. The summed E-state index contributed by atoms with van der Waals surface area (Å²) >= 11 is 1.57. The van der Waals surface area contributed by atoms with E-state index in [0.29, 0.717) is 6.42 Å². The Kier molecular flexibility index (Phi) is 19.7. The highest BCUT2D eigenvalue weighted by Gasteiger charge is 2.14. The van der Waals surface area contributed by atoms with E-state index in [1.807, 2.05) is 6.92 Å². The van der Waals surface area contributed by atoms with E-state index in [-0.39, 0.29) is 5.25 Å². The molecule has 0 amide bonds. The summed E-state index contributed by atoms with van der Waals surface area (Å²) in [6, 6.07) is 0. The van der Waals surface area contributed by atoms with Gasteiger partial charge in [0.1, 0.15) is 5.25 Å². The van der Waals surface area contributed by atoms with E-state index in [4.69, 9.17) is 5.11 Å². The van der Waals surface area contributed by atoms with Gasteiger partial charge in [-0.2, -0.15) is 0 Å². The molecule has 0 aromatic rings. The topological polar surface area (TPSA) is 37.3 Å². The van der Waals surface area contributed by atoms with Crippen molar-refractivity contribution in [2.24, 2.45) is 0 Å². The molecule has 0 aliphatic carbocycles. The molecular formula is C24H38O2S. The molecule has 0 unspecified atom stereocenters. The van der Waals surface area contributed by atoms with Crippen LogP contribution in [-0.2, 0) is 4.79 Å². The maximum atomic E-state index is 10.9. The van der Waals surface area contributed by atoms with E-state index < -0.39 is 5.97 Å². The van der Waals surface area contributed by atoms with Gasteiger partial charge < -0.3 is 5.11 Å². The normalized spacial score (nSPS) is 13.9. The predicted molar refractivity (Wildman–Crippen MR) is 122 cm³/mol. The first-order valence-corrected chi connectivity index (χ1v) is 11.4. The van der Waals surface area contributed by atoms with E-state index in [1.54, 1.807) is 11.8 Å². The second kappa shape index (κ2) is 20.8. The summed E-state index contributed by atoms with van der Waals surface area (Å²) in [7, 11) is 0. The van der Waals surface area contributed by atoms with Crippen molar-refractivity contribution in [2.75, 3.05) is 5.75 Å². The van der Waals surface area contributed by atoms with Gasteiger partial charge in [0.05, 0.1) is 0 Å². The number of unbranched alkanes of at least 4 members (excludes halogenated alkanes) is 2. The van der Waals surface area contributed by atoms with Crippen molar-refractivity contribution < 1.29 is 9.90 Å². The smallest absolute Gasteiger partial charge is 0.316 e. The highest BCUT2D eigenvalue weighted by atomic mass is 32.2. The number of hydrogen-bond acceptors (Lipinski definition) is 2. The van der Waals surface area contributed by atoms with Crippen molar-refractivity contribution in [3.8, 4) is 0 Å².